The van der Waals surface area contributed by atoms with Gasteiger partial charge in [0.1, 0.15) is 5.75 Å². The first kappa shape index (κ1) is 22.9. The number of amides is 3. The van der Waals surface area contributed by atoms with Crippen LogP contribution in [-0.2, 0) is 14.4 Å². The molecule has 7 nitrogen and oxygen atoms in total. The summed E-state index contributed by atoms with van der Waals surface area (Å²) in [7, 11) is 0. The molecule has 2 aromatic carbocycles. The Kier molecular flexibility index (Phi) is 8.41. The molecule has 2 rings (SSSR count). The van der Waals surface area contributed by atoms with Gasteiger partial charge in [0.05, 0.1) is 0 Å². The van der Waals surface area contributed by atoms with Gasteiger partial charge in [-0.05, 0) is 54.7 Å². The fraction of sp³-hybridized carbons (Fsp3) is 0.348. The first-order valence-electron chi connectivity index (χ1n) is 9.92. The van der Waals surface area contributed by atoms with Crippen LogP contribution in [0, 0.1) is 13.8 Å². The Morgan fingerprint density at radius 1 is 0.867 bits per heavy atom. The third kappa shape index (κ3) is 7.24. The van der Waals surface area contributed by atoms with Gasteiger partial charge in [0.15, 0.2) is 6.61 Å². The lowest BCUT2D eigenvalue weighted by atomic mass is 10.0. The monoisotopic (exact) mass is 411 g/mol. The van der Waals surface area contributed by atoms with Crippen molar-refractivity contribution in [3.8, 4) is 5.75 Å². The second-order valence-corrected chi connectivity index (χ2v) is 7.42. The number of nitrogens with one attached hydrogen (secondary N) is 3. The zero-order valence-electron chi connectivity index (χ0n) is 17.9. The molecule has 2 aromatic rings. The molecule has 0 aromatic heterocycles. The van der Waals surface area contributed by atoms with Crippen LogP contribution in [0.3, 0.4) is 0 Å². The molecule has 0 bridgehead atoms. The van der Waals surface area contributed by atoms with E-state index >= 15 is 0 Å². The summed E-state index contributed by atoms with van der Waals surface area (Å²) in [6.45, 7) is 7.81. The predicted molar refractivity (Wildman–Crippen MR) is 116 cm³/mol. The zero-order valence-corrected chi connectivity index (χ0v) is 17.9. The van der Waals surface area contributed by atoms with Gasteiger partial charge in [0.2, 0.25) is 11.8 Å². The maximum Gasteiger partial charge on any atom is 0.276 e. The highest BCUT2D eigenvalue weighted by atomic mass is 16.5. The summed E-state index contributed by atoms with van der Waals surface area (Å²) in [6, 6.07) is 13.1. The molecular weight excluding hydrogens is 382 g/mol. The highest BCUT2D eigenvalue weighted by molar-refractivity contribution is 5.93. The number of carbonyl (C=O) groups excluding carboxylic acids is 3. The van der Waals surface area contributed by atoms with E-state index in [1.165, 1.54) is 0 Å². The van der Waals surface area contributed by atoms with Crippen molar-refractivity contribution in [3.05, 3.63) is 59.2 Å². The number of anilines is 1. The molecule has 0 radical (unpaired) electrons. The second kappa shape index (κ2) is 11.0. The molecular formula is C23H29N3O4. The van der Waals surface area contributed by atoms with E-state index in [1.54, 1.807) is 6.07 Å². The Balaban J connectivity index is 1.69. The van der Waals surface area contributed by atoms with Crippen LogP contribution in [0.15, 0.2) is 42.5 Å². The average molecular weight is 412 g/mol. The van der Waals surface area contributed by atoms with Crippen LogP contribution in [-0.4, -0.2) is 24.3 Å². The van der Waals surface area contributed by atoms with E-state index in [0.29, 0.717) is 11.4 Å². The molecule has 0 saturated heterocycles. The van der Waals surface area contributed by atoms with E-state index in [4.69, 9.17) is 4.74 Å². The Morgan fingerprint density at radius 2 is 1.53 bits per heavy atom. The first-order valence-corrected chi connectivity index (χ1v) is 9.92. The van der Waals surface area contributed by atoms with Gasteiger partial charge in [-0.1, -0.05) is 38.1 Å². The van der Waals surface area contributed by atoms with Crippen LogP contribution in [0.2, 0.25) is 0 Å². The van der Waals surface area contributed by atoms with Crippen molar-refractivity contribution in [3.63, 3.8) is 0 Å². The number of hydrazine groups is 1. The number of hydrogen-bond donors (Lipinski definition) is 3. The van der Waals surface area contributed by atoms with Gasteiger partial charge in [-0.25, -0.2) is 0 Å². The summed E-state index contributed by atoms with van der Waals surface area (Å²) < 4.78 is 5.55. The van der Waals surface area contributed by atoms with Gasteiger partial charge >= 0.3 is 0 Å². The summed E-state index contributed by atoms with van der Waals surface area (Å²) in [5.41, 5.74) is 8.50. The zero-order chi connectivity index (χ0) is 22.1. The van der Waals surface area contributed by atoms with Crippen LogP contribution in [0.25, 0.3) is 0 Å². The lowest BCUT2D eigenvalue weighted by Gasteiger charge is -2.14. The van der Waals surface area contributed by atoms with Gasteiger partial charge in [-0.3, -0.25) is 25.2 Å². The van der Waals surface area contributed by atoms with Crippen LogP contribution >= 0.6 is 0 Å². The normalized spacial score (nSPS) is 10.4. The van der Waals surface area contributed by atoms with Gasteiger partial charge in [-0.2, -0.15) is 0 Å². The van der Waals surface area contributed by atoms with Crippen LogP contribution < -0.4 is 20.9 Å². The molecule has 3 amide bonds. The molecule has 0 spiro atoms. The molecule has 160 valence electrons. The lowest BCUT2D eigenvalue weighted by Crippen LogP contribution is -2.44. The molecule has 30 heavy (non-hydrogen) atoms. The van der Waals surface area contributed by atoms with Gasteiger partial charge in [0.25, 0.3) is 5.91 Å². The molecule has 0 aliphatic heterocycles. The Labute approximate surface area is 177 Å². The summed E-state index contributed by atoms with van der Waals surface area (Å²) in [6.07, 6.45) is -0.0408. The van der Waals surface area contributed by atoms with E-state index in [2.05, 4.69) is 16.2 Å². The topological polar surface area (TPSA) is 96.5 Å². The minimum absolute atomic E-state index is 0.00684. The molecule has 0 unspecified atom stereocenters. The third-order valence-electron chi connectivity index (χ3n) is 4.61. The van der Waals surface area contributed by atoms with E-state index in [9.17, 15) is 14.4 Å². The van der Waals surface area contributed by atoms with E-state index in [1.807, 2.05) is 64.1 Å². The molecule has 0 aliphatic carbocycles. The van der Waals surface area contributed by atoms with Crippen molar-refractivity contribution < 1.29 is 19.1 Å². The third-order valence-corrected chi connectivity index (χ3v) is 4.61. The Bertz CT molecular complexity index is 909. The molecule has 0 heterocycles. The van der Waals surface area contributed by atoms with Crippen molar-refractivity contribution >= 4 is 23.4 Å². The van der Waals surface area contributed by atoms with E-state index in [-0.39, 0.29) is 31.3 Å². The SMILES string of the molecule is Cc1ccc(NC(=O)CCC(=O)NNC(=O)COc2ccccc2C(C)C)cc1C. The first-order chi connectivity index (χ1) is 14.3. The number of carbonyl (C=O) groups is 3. The minimum Gasteiger partial charge on any atom is -0.483 e. The molecule has 7 heteroatoms. The number of aryl methyl sites for hydroxylation is 2. The minimum atomic E-state index is -0.485. The van der Waals surface area contributed by atoms with Crippen LogP contribution in [0.1, 0.15) is 49.3 Å². The van der Waals surface area contributed by atoms with Crippen molar-refractivity contribution in [2.75, 3.05) is 11.9 Å². The maximum absolute atomic E-state index is 12.0. The standard InChI is InChI=1S/C23H29N3O4/c1-15(2)19-7-5-6-8-20(19)30-14-23(29)26-25-22(28)12-11-21(27)24-18-10-9-16(3)17(4)13-18/h5-10,13,15H,11-12,14H2,1-4H3,(H,24,27)(H,25,28)(H,26,29). The summed E-state index contributed by atoms with van der Waals surface area (Å²) in [5, 5.41) is 2.76. The maximum atomic E-state index is 12.0. The smallest absolute Gasteiger partial charge is 0.276 e. The fourth-order valence-corrected chi connectivity index (χ4v) is 2.74. The quantitative estimate of drug-likeness (QED) is 0.580. The Morgan fingerprint density at radius 3 is 2.23 bits per heavy atom. The largest absolute Gasteiger partial charge is 0.483 e. The lowest BCUT2D eigenvalue weighted by molar-refractivity contribution is -0.130. The highest BCUT2D eigenvalue weighted by Crippen LogP contribution is 2.25. The molecule has 3 N–H and O–H groups in total. The summed E-state index contributed by atoms with van der Waals surface area (Å²) in [5.74, 6) is -0.313. The second-order valence-electron chi connectivity index (χ2n) is 7.42. The number of para-hydroxylation sites is 1. The summed E-state index contributed by atoms with van der Waals surface area (Å²) >= 11 is 0. The van der Waals surface area contributed by atoms with Crippen molar-refractivity contribution in [2.45, 2.75) is 46.5 Å². The number of hydrogen-bond acceptors (Lipinski definition) is 4. The van der Waals surface area contributed by atoms with Crippen molar-refractivity contribution in [1.82, 2.24) is 10.9 Å². The predicted octanol–water partition coefficient (Wildman–Crippen LogP) is 3.37. The van der Waals surface area contributed by atoms with Gasteiger partial charge in [0, 0.05) is 18.5 Å². The van der Waals surface area contributed by atoms with Crippen molar-refractivity contribution in [2.24, 2.45) is 0 Å². The van der Waals surface area contributed by atoms with Gasteiger partial charge < -0.3 is 10.1 Å². The molecule has 0 fully saturated rings. The number of rotatable bonds is 8. The summed E-state index contributed by atoms with van der Waals surface area (Å²) in [4.78, 5) is 35.8. The highest BCUT2D eigenvalue weighted by Gasteiger charge is 2.11. The molecule has 0 atom stereocenters. The van der Waals surface area contributed by atoms with E-state index < -0.39 is 11.8 Å². The number of benzene rings is 2. The molecule has 0 saturated carbocycles. The van der Waals surface area contributed by atoms with Crippen LogP contribution in [0.4, 0.5) is 5.69 Å². The fourth-order valence-electron chi connectivity index (χ4n) is 2.74. The van der Waals surface area contributed by atoms with Crippen molar-refractivity contribution in [1.29, 1.82) is 0 Å². The number of ether oxygens (including phenoxy) is 1. The Hall–Kier alpha value is -3.35. The molecule has 0 aliphatic rings. The van der Waals surface area contributed by atoms with Crippen LogP contribution in [0.5, 0.6) is 5.75 Å². The van der Waals surface area contributed by atoms with Gasteiger partial charge in [-0.15, -0.1) is 0 Å². The van der Waals surface area contributed by atoms with E-state index in [0.717, 1.165) is 16.7 Å². The average Bonchev–Trinajstić information content (AvgIpc) is 2.72.